The zero-order valence-corrected chi connectivity index (χ0v) is 13.2. The Kier molecular flexibility index (Phi) is 4.77. The van der Waals surface area contributed by atoms with Gasteiger partial charge in [-0.3, -0.25) is 9.69 Å². The van der Waals surface area contributed by atoms with E-state index in [9.17, 15) is 4.79 Å². The molecule has 116 valence electrons. The van der Waals surface area contributed by atoms with Gasteiger partial charge in [0.05, 0.1) is 0 Å². The predicted octanol–water partition coefficient (Wildman–Crippen LogP) is 1.50. The first-order chi connectivity index (χ1) is 9.88. The molecule has 1 aromatic heterocycles. The van der Waals surface area contributed by atoms with Gasteiger partial charge < -0.3 is 10.0 Å². The zero-order valence-electron chi connectivity index (χ0n) is 13.2. The number of hydrogen-bond acceptors (Lipinski definition) is 5. The van der Waals surface area contributed by atoms with E-state index >= 15 is 0 Å². The molecule has 1 unspecified atom stereocenters. The Labute approximate surface area is 125 Å². The van der Waals surface area contributed by atoms with Crippen molar-refractivity contribution < 1.29 is 9.90 Å². The van der Waals surface area contributed by atoms with Gasteiger partial charge >= 0.3 is 5.97 Å². The van der Waals surface area contributed by atoms with E-state index in [1.807, 2.05) is 17.9 Å². The third kappa shape index (κ3) is 3.69. The van der Waals surface area contributed by atoms with Crippen LogP contribution in [0.2, 0.25) is 0 Å². The Balaban J connectivity index is 2.07. The van der Waals surface area contributed by atoms with E-state index in [0.29, 0.717) is 5.92 Å². The second-order valence-electron chi connectivity index (χ2n) is 5.93. The van der Waals surface area contributed by atoms with E-state index in [1.54, 1.807) is 6.92 Å². The fourth-order valence-corrected chi connectivity index (χ4v) is 2.48. The summed E-state index contributed by atoms with van der Waals surface area (Å²) in [7, 11) is 0. The van der Waals surface area contributed by atoms with E-state index in [2.05, 4.69) is 28.7 Å². The number of aliphatic carboxylic acids is 1. The lowest BCUT2D eigenvalue weighted by molar-refractivity contribution is -0.142. The smallest absolute Gasteiger partial charge is 0.320 e. The van der Waals surface area contributed by atoms with Crippen LogP contribution < -0.4 is 4.90 Å². The highest BCUT2D eigenvalue weighted by Crippen LogP contribution is 2.18. The molecule has 0 radical (unpaired) electrons. The first kappa shape index (κ1) is 15.7. The van der Waals surface area contributed by atoms with Gasteiger partial charge in [0.15, 0.2) is 0 Å². The minimum Gasteiger partial charge on any atom is -0.480 e. The third-order valence-electron chi connectivity index (χ3n) is 3.96. The van der Waals surface area contributed by atoms with Crippen molar-refractivity contribution in [2.24, 2.45) is 0 Å². The van der Waals surface area contributed by atoms with Gasteiger partial charge in [0.2, 0.25) is 5.95 Å². The SMILES string of the molecule is Cc1cc(C(C)C)nc(N2CCN(C(C)C(=O)O)CC2)n1. The second-order valence-corrected chi connectivity index (χ2v) is 5.93. The maximum Gasteiger partial charge on any atom is 0.320 e. The summed E-state index contributed by atoms with van der Waals surface area (Å²) >= 11 is 0. The van der Waals surface area contributed by atoms with Crippen molar-refractivity contribution >= 4 is 11.9 Å². The fraction of sp³-hybridized carbons (Fsp3) is 0.667. The molecule has 1 atom stereocenters. The Bertz CT molecular complexity index is 510. The zero-order chi connectivity index (χ0) is 15.6. The second kappa shape index (κ2) is 6.39. The maximum atomic E-state index is 11.0. The molecule has 6 nitrogen and oxygen atoms in total. The molecular formula is C15H24N4O2. The molecular weight excluding hydrogens is 268 g/mol. The number of carbonyl (C=O) groups is 1. The molecule has 1 aliphatic heterocycles. The van der Waals surface area contributed by atoms with Crippen LogP contribution in [0.5, 0.6) is 0 Å². The molecule has 2 heterocycles. The van der Waals surface area contributed by atoms with Crippen molar-refractivity contribution in [1.29, 1.82) is 0 Å². The van der Waals surface area contributed by atoms with E-state index in [0.717, 1.165) is 43.5 Å². The first-order valence-electron chi connectivity index (χ1n) is 7.46. The number of carboxylic acids is 1. The number of aromatic nitrogens is 2. The molecule has 1 saturated heterocycles. The number of hydrogen-bond donors (Lipinski definition) is 1. The molecule has 1 N–H and O–H groups in total. The van der Waals surface area contributed by atoms with Gasteiger partial charge in [-0.25, -0.2) is 9.97 Å². The van der Waals surface area contributed by atoms with Crippen molar-refractivity contribution in [3.63, 3.8) is 0 Å². The molecule has 6 heteroatoms. The minimum absolute atomic E-state index is 0.374. The summed E-state index contributed by atoms with van der Waals surface area (Å²) in [6.07, 6.45) is 0. The normalized spacial score (nSPS) is 18.0. The summed E-state index contributed by atoms with van der Waals surface area (Å²) in [5.41, 5.74) is 2.03. The Morgan fingerprint density at radius 3 is 2.33 bits per heavy atom. The van der Waals surface area contributed by atoms with E-state index in [1.165, 1.54) is 0 Å². The van der Waals surface area contributed by atoms with Crippen LogP contribution in [0.3, 0.4) is 0 Å². The highest BCUT2D eigenvalue weighted by molar-refractivity contribution is 5.72. The molecule has 0 aromatic carbocycles. The predicted molar refractivity (Wildman–Crippen MR) is 81.7 cm³/mol. The van der Waals surface area contributed by atoms with E-state index in [4.69, 9.17) is 5.11 Å². The largest absolute Gasteiger partial charge is 0.480 e. The highest BCUT2D eigenvalue weighted by atomic mass is 16.4. The van der Waals surface area contributed by atoms with Crippen molar-refractivity contribution in [2.75, 3.05) is 31.1 Å². The van der Waals surface area contributed by atoms with Crippen LogP contribution in [0.15, 0.2) is 6.07 Å². The average Bonchev–Trinajstić information content (AvgIpc) is 2.45. The lowest BCUT2D eigenvalue weighted by Crippen LogP contribution is -2.52. The number of aryl methyl sites for hydroxylation is 1. The first-order valence-corrected chi connectivity index (χ1v) is 7.46. The lowest BCUT2D eigenvalue weighted by atomic mass is 10.1. The Morgan fingerprint density at radius 1 is 1.19 bits per heavy atom. The van der Waals surface area contributed by atoms with E-state index in [-0.39, 0.29) is 0 Å². The molecule has 0 bridgehead atoms. The molecule has 0 saturated carbocycles. The number of nitrogens with zero attached hydrogens (tertiary/aromatic N) is 4. The Morgan fingerprint density at radius 2 is 1.81 bits per heavy atom. The van der Waals surface area contributed by atoms with Gasteiger partial charge in [0.1, 0.15) is 6.04 Å². The maximum absolute atomic E-state index is 11.0. The van der Waals surface area contributed by atoms with Gasteiger partial charge in [-0.15, -0.1) is 0 Å². The monoisotopic (exact) mass is 292 g/mol. The number of piperazine rings is 1. The number of anilines is 1. The molecule has 21 heavy (non-hydrogen) atoms. The molecule has 0 spiro atoms. The van der Waals surface area contributed by atoms with Gasteiger partial charge in [0.25, 0.3) is 0 Å². The summed E-state index contributed by atoms with van der Waals surface area (Å²) in [5.74, 6) is 0.373. The van der Waals surface area contributed by atoms with Crippen LogP contribution in [0.1, 0.15) is 38.1 Å². The van der Waals surface area contributed by atoms with Crippen molar-refractivity contribution in [2.45, 2.75) is 39.7 Å². The molecule has 1 aromatic rings. The summed E-state index contributed by atoms with van der Waals surface area (Å²) < 4.78 is 0. The summed E-state index contributed by atoms with van der Waals surface area (Å²) in [5, 5.41) is 9.07. The van der Waals surface area contributed by atoms with Crippen molar-refractivity contribution in [1.82, 2.24) is 14.9 Å². The van der Waals surface area contributed by atoms with Gasteiger partial charge in [-0.05, 0) is 25.8 Å². The fourth-order valence-electron chi connectivity index (χ4n) is 2.48. The van der Waals surface area contributed by atoms with Crippen LogP contribution in [0.4, 0.5) is 5.95 Å². The summed E-state index contributed by atoms with van der Waals surface area (Å²) in [6, 6.07) is 1.59. The lowest BCUT2D eigenvalue weighted by Gasteiger charge is -2.36. The number of rotatable bonds is 4. The minimum atomic E-state index is -0.766. The average molecular weight is 292 g/mol. The van der Waals surface area contributed by atoms with Crippen LogP contribution in [-0.4, -0.2) is 58.2 Å². The van der Waals surface area contributed by atoms with Crippen molar-refractivity contribution in [3.8, 4) is 0 Å². The summed E-state index contributed by atoms with van der Waals surface area (Å²) in [4.78, 5) is 24.3. The van der Waals surface area contributed by atoms with Crippen molar-refractivity contribution in [3.05, 3.63) is 17.5 Å². The molecule has 0 aliphatic carbocycles. The topological polar surface area (TPSA) is 69.6 Å². The molecule has 0 amide bonds. The Hall–Kier alpha value is -1.69. The number of carboxylic acid groups (broad SMARTS) is 1. The third-order valence-corrected chi connectivity index (χ3v) is 3.96. The quantitative estimate of drug-likeness (QED) is 0.907. The molecule has 1 aliphatic rings. The highest BCUT2D eigenvalue weighted by Gasteiger charge is 2.26. The van der Waals surface area contributed by atoms with Crippen LogP contribution in [0.25, 0.3) is 0 Å². The molecule has 2 rings (SSSR count). The molecule has 1 fully saturated rings. The standard InChI is InChI=1S/C15H24N4O2/c1-10(2)13-9-11(3)16-15(17-13)19-7-5-18(6-8-19)12(4)14(20)21/h9-10,12H,5-8H2,1-4H3,(H,20,21). The summed E-state index contributed by atoms with van der Waals surface area (Å²) in [6.45, 7) is 10.9. The van der Waals surface area contributed by atoms with Crippen LogP contribution in [0, 0.1) is 6.92 Å². The van der Waals surface area contributed by atoms with Gasteiger partial charge in [0, 0.05) is 37.6 Å². The van der Waals surface area contributed by atoms with Gasteiger partial charge in [-0.2, -0.15) is 0 Å². The van der Waals surface area contributed by atoms with E-state index < -0.39 is 12.0 Å². The van der Waals surface area contributed by atoms with Crippen LogP contribution in [-0.2, 0) is 4.79 Å². The van der Waals surface area contributed by atoms with Crippen LogP contribution >= 0.6 is 0 Å². The van der Waals surface area contributed by atoms with Gasteiger partial charge in [-0.1, -0.05) is 13.8 Å².